The molecule has 0 spiro atoms. The number of rotatable bonds is 1. The lowest BCUT2D eigenvalue weighted by Crippen LogP contribution is -1.88. The van der Waals surface area contributed by atoms with Crippen LogP contribution in [0.5, 0.6) is 0 Å². The van der Waals surface area contributed by atoms with Gasteiger partial charge in [0.15, 0.2) is 0 Å². The smallest absolute Gasteiger partial charge is 0.0757 e. The van der Waals surface area contributed by atoms with Gasteiger partial charge in [0.25, 0.3) is 0 Å². The number of hydrogen-bond donors (Lipinski definition) is 0. The van der Waals surface area contributed by atoms with E-state index in [9.17, 15) is 0 Å². The molecule has 1 heterocycles. The molecule has 1 saturated carbocycles. The Labute approximate surface area is 84.3 Å². The zero-order valence-corrected chi connectivity index (χ0v) is 8.76. The summed E-state index contributed by atoms with van der Waals surface area (Å²) in [5, 5.41) is 0.857. The van der Waals surface area contributed by atoms with Crippen LogP contribution in [0.25, 0.3) is 0 Å². The van der Waals surface area contributed by atoms with Crippen molar-refractivity contribution in [2.24, 2.45) is 0 Å². The van der Waals surface area contributed by atoms with E-state index >= 15 is 0 Å². The van der Waals surface area contributed by atoms with Gasteiger partial charge in [0.1, 0.15) is 0 Å². The van der Waals surface area contributed by atoms with E-state index in [1.165, 1.54) is 12.8 Å². The molecule has 58 valence electrons. The van der Waals surface area contributed by atoms with E-state index in [0.29, 0.717) is 5.92 Å². The Balaban J connectivity index is 2.45. The van der Waals surface area contributed by atoms with Crippen LogP contribution in [0.15, 0.2) is 12.3 Å². The lowest BCUT2D eigenvalue weighted by Gasteiger charge is -2.01. The van der Waals surface area contributed by atoms with Crippen LogP contribution in [0.1, 0.15) is 24.5 Å². The monoisotopic (exact) mass is 279 g/mol. The van der Waals surface area contributed by atoms with Crippen molar-refractivity contribution in [1.29, 1.82) is 0 Å². The maximum Gasteiger partial charge on any atom is 0.0757 e. The van der Waals surface area contributed by atoms with E-state index in [2.05, 4.69) is 27.6 Å². The number of pyridine rings is 1. The summed E-state index contributed by atoms with van der Waals surface area (Å²) in [6.07, 6.45) is 4.35. The van der Waals surface area contributed by atoms with E-state index in [-0.39, 0.29) is 0 Å². The van der Waals surface area contributed by atoms with Crippen molar-refractivity contribution >= 4 is 34.2 Å². The van der Waals surface area contributed by atoms with Crippen molar-refractivity contribution < 1.29 is 0 Å². The highest BCUT2D eigenvalue weighted by molar-refractivity contribution is 14.1. The van der Waals surface area contributed by atoms with Gasteiger partial charge in [0.05, 0.1) is 10.7 Å². The normalized spacial score (nSPS) is 16.9. The van der Waals surface area contributed by atoms with E-state index in [1.54, 1.807) is 0 Å². The minimum absolute atomic E-state index is 0.650. The molecule has 0 radical (unpaired) electrons. The molecular weight excluding hydrogens is 272 g/mol. The molecule has 1 fully saturated rings. The third kappa shape index (κ3) is 1.51. The lowest BCUT2D eigenvalue weighted by molar-refractivity contribution is 1.02. The van der Waals surface area contributed by atoms with Gasteiger partial charge in [0, 0.05) is 15.7 Å². The van der Waals surface area contributed by atoms with Crippen molar-refractivity contribution in [3.8, 4) is 0 Å². The lowest BCUT2D eigenvalue weighted by atomic mass is 10.2. The molecule has 1 aromatic heterocycles. The average molecular weight is 280 g/mol. The third-order valence-electron chi connectivity index (χ3n) is 1.83. The fourth-order valence-corrected chi connectivity index (χ4v) is 1.78. The molecule has 1 aromatic rings. The molecule has 1 nitrogen and oxygen atoms in total. The van der Waals surface area contributed by atoms with E-state index in [4.69, 9.17) is 11.6 Å². The van der Waals surface area contributed by atoms with E-state index < -0.39 is 0 Å². The van der Waals surface area contributed by atoms with Crippen molar-refractivity contribution in [3.05, 3.63) is 26.5 Å². The third-order valence-corrected chi connectivity index (χ3v) is 3.45. The van der Waals surface area contributed by atoms with Crippen molar-refractivity contribution in [1.82, 2.24) is 4.98 Å². The van der Waals surface area contributed by atoms with E-state index in [1.807, 2.05) is 12.3 Å². The van der Waals surface area contributed by atoms with Gasteiger partial charge >= 0.3 is 0 Å². The summed E-state index contributed by atoms with van der Waals surface area (Å²) in [6, 6.07) is 1.94. The molecule has 2 rings (SSSR count). The summed E-state index contributed by atoms with van der Waals surface area (Å²) >= 11 is 8.30. The number of hydrogen-bond acceptors (Lipinski definition) is 1. The van der Waals surface area contributed by atoms with Gasteiger partial charge in [-0.3, -0.25) is 4.98 Å². The van der Waals surface area contributed by atoms with Gasteiger partial charge in [0.2, 0.25) is 0 Å². The van der Waals surface area contributed by atoms with Gasteiger partial charge < -0.3 is 0 Å². The standard InChI is InChI=1S/C8H7ClIN/c9-7-6(10)3-4-11-8(7)5-1-2-5/h3-5H,1-2H2. The van der Waals surface area contributed by atoms with Crippen LogP contribution < -0.4 is 0 Å². The molecule has 1 aliphatic carbocycles. The molecule has 3 heteroatoms. The van der Waals surface area contributed by atoms with Gasteiger partial charge in [-0.05, 0) is 41.5 Å². The molecule has 0 aliphatic heterocycles. The number of halogens is 2. The quantitative estimate of drug-likeness (QED) is 0.719. The maximum absolute atomic E-state index is 6.06. The minimum atomic E-state index is 0.650. The molecule has 1 aliphatic rings. The molecule has 11 heavy (non-hydrogen) atoms. The van der Waals surface area contributed by atoms with Crippen LogP contribution in [0, 0.1) is 3.57 Å². The highest BCUT2D eigenvalue weighted by Crippen LogP contribution is 2.42. The fraction of sp³-hybridized carbons (Fsp3) is 0.375. The van der Waals surface area contributed by atoms with Crippen LogP contribution in [0.4, 0.5) is 0 Å². The summed E-state index contributed by atoms with van der Waals surface area (Å²) in [4.78, 5) is 4.26. The fourth-order valence-electron chi connectivity index (χ4n) is 1.08. The van der Waals surface area contributed by atoms with Crippen LogP contribution in [-0.4, -0.2) is 4.98 Å². The molecule has 0 N–H and O–H groups in total. The summed E-state index contributed by atoms with van der Waals surface area (Å²) in [5.74, 6) is 0.650. The van der Waals surface area contributed by atoms with Gasteiger partial charge in [-0.2, -0.15) is 0 Å². The van der Waals surface area contributed by atoms with Crippen molar-refractivity contribution in [2.75, 3.05) is 0 Å². The minimum Gasteiger partial charge on any atom is -0.259 e. The highest BCUT2D eigenvalue weighted by Gasteiger charge is 2.27. The van der Waals surface area contributed by atoms with Crippen LogP contribution in [0.3, 0.4) is 0 Å². The summed E-state index contributed by atoms with van der Waals surface area (Å²) in [5.41, 5.74) is 1.10. The number of aromatic nitrogens is 1. The average Bonchev–Trinajstić information content (AvgIpc) is 2.77. The van der Waals surface area contributed by atoms with Crippen molar-refractivity contribution in [3.63, 3.8) is 0 Å². The predicted molar refractivity (Wildman–Crippen MR) is 53.9 cm³/mol. The van der Waals surface area contributed by atoms with Crippen LogP contribution >= 0.6 is 34.2 Å². The zero-order chi connectivity index (χ0) is 7.84. The SMILES string of the molecule is Clc1c(I)ccnc1C1CC1. The van der Waals surface area contributed by atoms with E-state index in [0.717, 1.165) is 14.3 Å². The second kappa shape index (κ2) is 2.90. The second-order valence-electron chi connectivity index (χ2n) is 2.77. The van der Waals surface area contributed by atoms with Gasteiger partial charge in [-0.15, -0.1) is 0 Å². The Hall–Kier alpha value is 0.170. The topological polar surface area (TPSA) is 12.9 Å². The van der Waals surface area contributed by atoms with Gasteiger partial charge in [-0.25, -0.2) is 0 Å². The molecule has 0 atom stereocenters. The maximum atomic E-state index is 6.06. The molecule has 0 saturated heterocycles. The van der Waals surface area contributed by atoms with Crippen molar-refractivity contribution in [2.45, 2.75) is 18.8 Å². The first-order valence-corrected chi connectivity index (χ1v) is 5.04. The largest absolute Gasteiger partial charge is 0.259 e. The Morgan fingerprint density at radius 1 is 1.55 bits per heavy atom. The Morgan fingerprint density at radius 3 is 2.91 bits per heavy atom. The molecule has 0 unspecified atom stereocenters. The second-order valence-corrected chi connectivity index (χ2v) is 4.31. The Morgan fingerprint density at radius 2 is 2.27 bits per heavy atom. The summed E-state index contributed by atoms with van der Waals surface area (Å²) in [6.45, 7) is 0. The summed E-state index contributed by atoms with van der Waals surface area (Å²) in [7, 11) is 0. The van der Waals surface area contributed by atoms with Gasteiger partial charge in [-0.1, -0.05) is 11.6 Å². The first-order valence-electron chi connectivity index (χ1n) is 3.59. The highest BCUT2D eigenvalue weighted by atomic mass is 127. The predicted octanol–water partition coefficient (Wildman–Crippen LogP) is 3.22. The first-order chi connectivity index (χ1) is 5.29. The molecular formula is C8H7ClIN. The summed E-state index contributed by atoms with van der Waals surface area (Å²) < 4.78 is 1.11. The zero-order valence-electron chi connectivity index (χ0n) is 5.85. The molecule has 0 bridgehead atoms. The number of nitrogens with zero attached hydrogens (tertiary/aromatic N) is 1. The Kier molecular flexibility index (Phi) is 2.06. The van der Waals surface area contributed by atoms with Crippen LogP contribution in [0.2, 0.25) is 5.02 Å². The molecule has 0 amide bonds. The molecule has 0 aromatic carbocycles. The Bertz CT molecular complexity index is 283. The van der Waals surface area contributed by atoms with Crippen LogP contribution in [-0.2, 0) is 0 Å². The first kappa shape index (κ1) is 7.80.